The van der Waals surface area contributed by atoms with Crippen LogP contribution >= 0.6 is 0 Å². The van der Waals surface area contributed by atoms with Crippen LogP contribution < -0.4 is 5.73 Å². The monoisotopic (exact) mass is 213 g/mol. The van der Waals surface area contributed by atoms with Gasteiger partial charge in [-0.3, -0.25) is 0 Å². The van der Waals surface area contributed by atoms with E-state index in [4.69, 9.17) is 15.2 Å². The quantitative estimate of drug-likeness (QED) is 0.778. The average molecular weight is 213 g/mol. The highest BCUT2D eigenvalue weighted by Crippen LogP contribution is 2.58. The van der Waals surface area contributed by atoms with Crippen molar-refractivity contribution in [1.82, 2.24) is 0 Å². The van der Waals surface area contributed by atoms with Crippen molar-refractivity contribution < 1.29 is 9.47 Å². The van der Waals surface area contributed by atoms with Crippen LogP contribution in [-0.2, 0) is 9.47 Å². The molecule has 88 valence electrons. The predicted molar refractivity (Wildman–Crippen MR) is 59.4 cm³/mol. The van der Waals surface area contributed by atoms with Crippen LogP contribution in [0.15, 0.2) is 0 Å². The van der Waals surface area contributed by atoms with E-state index in [1.807, 2.05) is 0 Å². The van der Waals surface area contributed by atoms with Gasteiger partial charge in [0.15, 0.2) is 6.29 Å². The summed E-state index contributed by atoms with van der Waals surface area (Å²) in [6.07, 6.45) is 4.73. The molecule has 2 N–H and O–H groups in total. The van der Waals surface area contributed by atoms with E-state index in [-0.39, 0.29) is 11.7 Å². The van der Waals surface area contributed by atoms with E-state index >= 15 is 0 Å². The summed E-state index contributed by atoms with van der Waals surface area (Å²) in [6.45, 7) is 6.88. The molecule has 0 bridgehead atoms. The zero-order valence-electron chi connectivity index (χ0n) is 9.92. The average Bonchev–Trinajstić information content (AvgIpc) is 2.75. The maximum Gasteiger partial charge on any atom is 0.163 e. The summed E-state index contributed by atoms with van der Waals surface area (Å²) >= 11 is 0. The zero-order valence-corrected chi connectivity index (χ0v) is 9.92. The Morgan fingerprint density at radius 1 is 1.20 bits per heavy atom. The molecule has 0 unspecified atom stereocenters. The number of hydrogen-bond acceptors (Lipinski definition) is 3. The minimum Gasteiger partial charge on any atom is -0.350 e. The van der Waals surface area contributed by atoms with Crippen LogP contribution in [0.25, 0.3) is 0 Å². The molecule has 15 heavy (non-hydrogen) atoms. The third-order valence-corrected chi connectivity index (χ3v) is 4.44. The van der Waals surface area contributed by atoms with Crippen molar-refractivity contribution in [2.75, 3.05) is 19.8 Å². The van der Waals surface area contributed by atoms with E-state index in [9.17, 15) is 0 Å². The van der Waals surface area contributed by atoms with Crippen LogP contribution in [0.1, 0.15) is 39.5 Å². The van der Waals surface area contributed by atoms with Gasteiger partial charge in [0.05, 0.1) is 13.2 Å². The van der Waals surface area contributed by atoms with Crippen molar-refractivity contribution in [2.24, 2.45) is 16.6 Å². The lowest BCUT2D eigenvalue weighted by Crippen LogP contribution is -2.45. The first kappa shape index (κ1) is 11.4. The molecule has 1 aliphatic heterocycles. The van der Waals surface area contributed by atoms with Gasteiger partial charge < -0.3 is 15.2 Å². The van der Waals surface area contributed by atoms with Gasteiger partial charge in [0.2, 0.25) is 0 Å². The van der Waals surface area contributed by atoms with Crippen molar-refractivity contribution >= 4 is 0 Å². The Hall–Kier alpha value is -0.120. The molecule has 1 atom stereocenters. The van der Waals surface area contributed by atoms with Crippen molar-refractivity contribution in [1.29, 1.82) is 0 Å². The molecule has 3 nitrogen and oxygen atoms in total. The van der Waals surface area contributed by atoms with Crippen molar-refractivity contribution in [2.45, 2.75) is 45.8 Å². The van der Waals surface area contributed by atoms with Crippen LogP contribution in [0.5, 0.6) is 0 Å². The van der Waals surface area contributed by atoms with E-state index in [1.54, 1.807) is 0 Å². The van der Waals surface area contributed by atoms with E-state index < -0.39 is 0 Å². The van der Waals surface area contributed by atoms with Crippen LogP contribution in [0.2, 0.25) is 0 Å². The summed E-state index contributed by atoms with van der Waals surface area (Å²) in [5.41, 5.74) is 6.22. The lowest BCUT2D eigenvalue weighted by atomic mass is 9.65. The fourth-order valence-corrected chi connectivity index (χ4v) is 3.39. The molecule has 3 heteroatoms. The largest absolute Gasteiger partial charge is 0.350 e. The zero-order chi connectivity index (χ0) is 10.9. The summed E-state index contributed by atoms with van der Waals surface area (Å²) < 4.78 is 11.5. The number of hydrogen-bond donors (Lipinski definition) is 1. The predicted octanol–water partition coefficient (Wildman–Crippen LogP) is 1.90. The lowest BCUT2D eigenvalue weighted by Gasteiger charge is -2.44. The molecule has 2 rings (SSSR count). The Kier molecular flexibility index (Phi) is 3.06. The Labute approximate surface area is 92.3 Å². The first-order valence-electron chi connectivity index (χ1n) is 6.06. The number of rotatable bonds is 3. The fourth-order valence-electron chi connectivity index (χ4n) is 3.39. The summed E-state index contributed by atoms with van der Waals surface area (Å²) in [7, 11) is 0. The Balaban J connectivity index is 2.22. The Bertz CT molecular complexity index is 224. The summed E-state index contributed by atoms with van der Waals surface area (Å²) in [4.78, 5) is 0. The molecule has 0 aromatic rings. The second-order valence-corrected chi connectivity index (χ2v) is 5.51. The topological polar surface area (TPSA) is 44.5 Å². The highest BCUT2D eigenvalue weighted by molar-refractivity contribution is 5.01. The molecule has 2 aliphatic rings. The molecule has 1 heterocycles. The lowest BCUT2D eigenvalue weighted by molar-refractivity contribution is -0.169. The SMILES string of the molecule is CC1(C)CCC[C@@]1(CCN)C1OCCO1. The molecule has 2 fully saturated rings. The van der Waals surface area contributed by atoms with Gasteiger partial charge in [0, 0.05) is 5.41 Å². The minimum absolute atomic E-state index is 0.0152. The van der Waals surface area contributed by atoms with Gasteiger partial charge in [-0.1, -0.05) is 20.3 Å². The van der Waals surface area contributed by atoms with Crippen LogP contribution in [0.4, 0.5) is 0 Å². The van der Waals surface area contributed by atoms with Crippen LogP contribution in [0, 0.1) is 10.8 Å². The molecule has 0 spiro atoms. The maximum absolute atomic E-state index is 5.77. The fraction of sp³-hybridized carbons (Fsp3) is 1.00. The molecule has 0 aromatic carbocycles. The first-order valence-corrected chi connectivity index (χ1v) is 6.06. The van der Waals surface area contributed by atoms with Gasteiger partial charge in [0.25, 0.3) is 0 Å². The number of nitrogens with two attached hydrogens (primary N) is 1. The van der Waals surface area contributed by atoms with Crippen LogP contribution in [-0.4, -0.2) is 26.0 Å². The normalized spacial score (nSPS) is 36.2. The second-order valence-electron chi connectivity index (χ2n) is 5.51. The summed E-state index contributed by atoms with van der Waals surface area (Å²) in [5, 5.41) is 0. The van der Waals surface area contributed by atoms with E-state index in [2.05, 4.69) is 13.8 Å². The van der Waals surface area contributed by atoms with E-state index in [1.165, 1.54) is 19.3 Å². The van der Waals surface area contributed by atoms with Gasteiger partial charge >= 0.3 is 0 Å². The van der Waals surface area contributed by atoms with Gasteiger partial charge in [-0.15, -0.1) is 0 Å². The van der Waals surface area contributed by atoms with Crippen molar-refractivity contribution in [3.63, 3.8) is 0 Å². The summed E-state index contributed by atoms with van der Waals surface area (Å²) in [6, 6.07) is 0. The van der Waals surface area contributed by atoms with Gasteiger partial charge in [-0.25, -0.2) is 0 Å². The van der Waals surface area contributed by atoms with Crippen molar-refractivity contribution in [3.8, 4) is 0 Å². The van der Waals surface area contributed by atoms with Crippen molar-refractivity contribution in [3.05, 3.63) is 0 Å². The molecule has 0 radical (unpaired) electrons. The molecular formula is C12H23NO2. The molecule has 0 aromatic heterocycles. The molecular weight excluding hydrogens is 190 g/mol. The van der Waals surface area contributed by atoms with E-state index in [0.717, 1.165) is 26.2 Å². The Morgan fingerprint density at radius 2 is 1.87 bits per heavy atom. The molecule has 1 saturated heterocycles. The molecule has 1 saturated carbocycles. The smallest absolute Gasteiger partial charge is 0.163 e. The minimum atomic E-state index is -0.0152. The Morgan fingerprint density at radius 3 is 2.33 bits per heavy atom. The third-order valence-electron chi connectivity index (χ3n) is 4.44. The standard InChI is InChI=1S/C12H23NO2/c1-11(2)4-3-5-12(11,6-7-13)10-14-8-9-15-10/h10H,3-9,13H2,1-2H3/t12-/m1/s1. The number of ether oxygens (including phenoxy) is 2. The first-order chi connectivity index (χ1) is 7.12. The second kappa shape index (κ2) is 4.04. The van der Waals surface area contributed by atoms with Gasteiger partial charge in [-0.2, -0.15) is 0 Å². The van der Waals surface area contributed by atoms with Crippen LogP contribution in [0.3, 0.4) is 0 Å². The summed E-state index contributed by atoms with van der Waals surface area (Å²) in [5.74, 6) is 0. The highest BCUT2D eigenvalue weighted by Gasteiger charge is 2.55. The highest BCUT2D eigenvalue weighted by atomic mass is 16.7. The third kappa shape index (κ3) is 1.71. The van der Waals surface area contributed by atoms with Gasteiger partial charge in [-0.05, 0) is 31.2 Å². The van der Waals surface area contributed by atoms with E-state index in [0.29, 0.717) is 5.41 Å². The molecule has 0 amide bonds. The molecule has 1 aliphatic carbocycles. The maximum atomic E-state index is 5.77. The van der Waals surface area contributed by atoms with Gasteiger partial charge in [0.1, 0.15) is 0 Å².